The lowest BCUT2D eigenvalue weighted by molar-refractivity contribution is -0.870. The first-order valence-corrected chi connectivity index (χ1v) is 8.32. The van der Waals surface area contributed by atoms with Crippen molar-refractivity contribution >= 4 is 0 Å². The fraction of sp³-hybridized carbons (Fsp3) is 0.684. The molecule has 0 atom stereocenters. The second kappa shape index (κ2) is 7.47. The van der Waals surface area contributed by atoms with Crippen molar-refractivity contribution in [3.05, 3.63) is 28.8 Å². The van der Waals surface area contributed by atoms with Gasteiger partial charge in [-0.05, 0) is 30.5 Å². The zero-order chi connectivity index (χ0) is 17.0. The number of likely N-dealkylation sites (N-methyl/N-ethyl adjacent to an activating group) is 1. The average Bonchev–Trinajstić information content (AvgIpc) is 2.32. The summed E-state index contributed by atoms with van der Waals surface area (Å²) in [5.41, 5.74) is 3.95. The minimum absolute atomic E-state index is 0.801. The third-order valence-electron chi connectivity index (χ3n) is 3.81. The molecule has 1 aromatic carbocycles. The molecule has 0 aliphatic heterocycles. The number of hydrogen-bond donors (Lipinski definition) is 0. The smallest absolute Gasteiger partial charge is 0.125 e. The molecule has 126 valence electrons. The Kier molecular flexibility index (Phi) is 6.45. The van der Waals surface area contributed by atoms with Gasteiger partial charge in [-0.25, -0.2) is 0 Å². The van der Waals surface area contributed by atoms with Gasteiger partial charge in [0.2, 0.25) is 0 Å². The molecule has 0 aromatic heterocycles. The van der Waals surface area contributed by atoms with E-state index in [1.54, 1.807) is 0 Å². The monoisotopic (exact) mass is 308 g/mol. The number of rotatable bonds is 8. The number of aryl methyl sites for hydroxylation is 2. The fourth-order valence-electron chi connectivity index (χ4n) is 2.59. The van der Waals surface area contributed by atoms with Crippen LogP contribution >= 0.6 is 0 Å². The van der Waals surface area contributed by atoms with Gasteiger partial charge < -0.3 is 13.7 Å². The van der Waals surface area contributed by atoms with Gasteiger partial charge in [-0.15, -0.1) is 0 Å². The number of quaternary nitrogens is 2. The van der Waals surface area contributed by atoms with E-state index in [-0.39, 0.29) is 0 Å². The highest BCUT2D eigenvalue weighted by Gasteiger charge is 2.11. The summed E-state index contributed by atoms with van der Waals surface area (Å²) in [4.78, 5) is 0. The highest BCUT2D eigenvalue weighted by molar-refractivity contribution is 5.43. The number of ether oxygens (including phenoxy) is 1. The Morgan fingerprint density at radius 1 is 0.818 bits per heavy atom. The molecule has 0 saturated carbocycles. The molecule has 3 heteroatoms. The van der Waals surface area contributed by atoms with Gasteiger partial charge in [-0.2, -0.15) is 0 Å². The molecule has 0 N–H and O–H groups in total. The van der Waals surface area contributed by atoms with E-state index in [0.717, 1.165) is 47.3 Å². The lowest BCUT2D eigenvalue weighted by Crippen LogP contribution is -2.36. The van der Waals surface area contributed by atoms with Crippen LogP contribution in [0.5, 0.6) is 5.75 Å². The van der Waals surface area contributed by atoms with E-state index in [1.807, 2.05) is 0 Å². The molecule has 0 amide bonds. The Hall–Kier alpha value is -1.06. The SMILES string of the molecule is Cc1cc(CC[N+](C)(C)C)cc(C)c1OCCC[N+](C)(C)C. The van der Waals surface area contributed by atoms with E-state index < -0.39 is 0 Å². The van der Waals surface area contributed by atoms with Crippen LogP contribution in [0.25, 0.3) is 0 Å². The lowest BCUT2D eigenvalue weighted by atomic mass is 10.0. The molecule has 3 nitrogen and oxygen atoms in total. The van der Waals surface area contributed by atoms with Crippen LogP contribution in [0.2, 0.25) is 0 Å². The van der Waals surface area contributed by atoms with Crippen LogP contribution in [0.4, 0.5) is 0 Å². The van der Waals surface area contributed by atoms with Gasteiger partial charge >= 0.3 is 0 Å². The Morgan fingerprint density at radius 2 is 1.32 bits per heavy atom. The minimum Gasteiger partial charge on any atom is -0.493 e. The van der Waals surface area contributed by atoms with E-state index in [9.17, 15) is 0 Å². The van der Waals surface area contributed by atoms with E-state index in [4.69, 9.17) is 4.74 Å². The zero-order valence-corrected chi connectivity index (χ0v) is 16.0. The Morgan fingerprint density at radius 3 is 1.77 bits per heavy atom. The molecule has 1 rings (SSSR count). The van der Waals surface area contributed by atoms with Gasteiger partial charge in [0, 0.05) is 12.8 Å². The summed E-state index contributed by atoms with van der Waals surface area (Å²) in [6, 6.07) is 4.58. The van der Waals surface area contributed by atoms with Crippen molar-refractivity contribution in [1.29, 1.82) is 0 Å². The molecule has 0 saturated heterocycles. The van der Waals surface area contributed by atoms with Gasteiger partial charge in [-0.1, -0.05) is 12.1 Å². The molecule has 0 aliphatic carbocycles. The maximum absolute atomic E-state index is 6.05. The number of hydrogen-bond acceptors (Lipinski definition) is 1. The first-order valence-electron chi connectivity index (χ1n) is 8.32. The molecular weight excluding hydrogens is 272 g/mol. The molecule has 0 aliphatic rings. The molecule has 0 spiro atoms. The Bertz CT molecular complexity index is 458. The first-order chi connectivity index (χ1) is 9.98. The average molecular weight is 309 g/mol. The second-order valence-corrected chi connectivity index (χ2v) is 8.54. The van der Waals surface area contributed by atoms with Crippen molar-refractivity contribution < 1.29 is 13.7 Å². The summed E-state index contributed by atoms with van der Waals surface area (Å²) in [7, 11) is 13.4. The third-order valence-corrected chi connectivity index (χ3v) is 3.81. The standard InChI is InChI=1S/C19H36N2O/c1-16-14-18(10-12-21(6,7)8)15-17(2)19(16)22-13-9-11-20(3,4)5/h14-15H,9-13H2,1-8H3/q+2. The predicted molar refractivity (Wildman–Crippen MR) is 95.5 cm³/mol. The Balaban J connectivity index is 2.62. The highest BCUT2D eigenvalue weighted by atomic mass is 16.5. The van der Waals surface area contributed by atoms with Crippen molar-refractivity contribution in [2.75, 3.05) is 62.0 Å². The summed E-state index contributed by atoms with van der Waals surface area (Å²) < 4.78 is 8.04. The largest absolute Gasteiger partial charge is 0.493 e. The fourth-order valence-corrected chi connectivity index (χ4v) is 2.59. The Labute approximate surface area is 137 Å². The maximum Gasteiger partial charge on any atom is 0.125 e. The molecule has 0 bridgehead atoms. The minimum atomic E-state index is 0.801. The molecule has 22 heavy (non-hydrogen) atoms. The summed E-state index contributed by atoms with van der Waals surface area (Å²) in [5, 5.41) is 0. The van der Waals surface area contributed by atoms with E-state index in [1.165, 1.54) is 16.7 Å². The molecule has 0 radical (unpaired) electrons. The summed E-state index contributed by atoms with van der Waals surface area (Å²) >= 11 is 0. The highest BCUT2D eigenvalue weighted by Crippen LogP contribution is 2.25. The molecule has 0 unspecified atom stereocenters. The topological polar surface area (TPSA) is 9.23 Å². The molecule has 0 fully saturated rings. The van der Waals surface area contributed by atoms with Crippen molar-refractivity contribution in [3.63, 3.8) is 0 Å². The van der Waals surface area contributed by atoms with Crippen LogP contribution in [0.3, 0.4) is 0 Å². The molecule has 1 aromatic rings. The van der Waals surface area contributed by atoms with Gasteiger partial charge in [0.1, 0.15) is 5.75 Å². The lowest BCUT2D eigenvalue weighted by Gasteiger charge is -2.24. The summed E-state index contributed by atoms with van der Waals surface area (Å²) in [6.45, 7) is 7.42. The first kappa shape index (κ1) is 19.0. The zero-order valence-electron chi connectivity index (χ0n) is 16.0. The predicted octanol–water partition coefficient (Wildman–Crippen LogP) is 3.03. The van der Waals surface area contributed by atoms with Crippen LogP contribution in [0.15, 0.2) is 12.1 Å². The van der Waals surface area contributed by atoms with Crippen LogP contribution in [0, 0.1) is 13.8 Å². The van der Waals surface area contributed by atoms with Crippen LogP contribution in [0.1, 0.15) is 23.1 Å². The van der Waals surface area contributed by atoms with Gasteiger partial charge in [-0.3, -0.25) is 0 Å². The summed E-state index contributed by atoms with van der Waals surface area (Å²) in [6.07, 6.45) is 2.21. The van der Waals surface area contributed by atoms with Crippen molar-refractivity contribution in [3.8, 4) is 5.75 Å². The van der Waals surface area contributed by atoms with Gasteiger partial charge in [0.05, 0.1) is 62.0 Å². The number of benzene rings is 1. The van der Waals surface area contributed by atoms with Crippen molar-refractivity contribution in [2.24, 2.45) is 0 Å². The van der Waals surface area contributed by atoms with Crippen molar-refractivity contribution in [2.45, 2.75) is 26.7 Å². The molecule has 0 heterocycles. The van der Waals surface area contributed by atoms with E-state index in [2.05, 4.69) is 68.3 Å². The van der Waals surface area contributed by atoms with Gasteiger partial charge in [0.15, 0.2) is 0 Å². The van der Waals surface area contributed by atoms with Crippen molar-refractivity contribution in [1.82, 2.24) is 0 Å². The molecular formula is C19H36N2O+2. The van der Waals surface area contributed by atoms with Gasteiger partial charge in [0.25, 0.3) is 0 Å². The normalized spacial score (nSPS) is 12.5. The summed E-state index contributed by atoms with van der Waals surface area (Å²) in [5.74, 6) is 1.08. The number of nitrogens with zero attached hydrogens (tertiary/aromatic N) is 2. The van der Waals surface area contributed by atoms with Crippen LogP contribution in [-0.2, 0) is 6.42 Å². The van der Waals surface area contributed by atoms with E-state index in [0.29, 0.717) is 0 Å². The third kappa shape index (κ3) is 7.28. The van der Waals surface area contributed by atoms with E-state index >= 15 is 0 Å². The quantitative estimate of drug-likeness (QED) is 0.530. The van der Waals surface area contributed by atoms with Crippen LogP contribution < -0.4 is 4.74 Å². The van der Waals surface area contributed by atoms with Crippen LogP contribution in [-0.4, -0.2) is 70.9 Å². The second-order valence-electron chi connectivity index (χ2n) is 8.54. The maximum atomic E-state index is 6.05.